The van der Waals surface area contributed by atoms with Gasteiger partial charge in [0.05, 0.1) is 15.7 Å². The quantitative estimate of drug-likeness (QED) is 0.648. The Hall–Kier alpha value is -2.31. The van der Waals surface area contributed by atoms with Gasteiger partial charge in [-0.25, -0.2) is 4.79 Å². The maximum absolute atomic E-state index is 12.0. The highest BCUT2D eigenvalue weighted by atomic mass is 35.5. The second-order valence-electron chi connectivity index (χ2n) is 5.01. The fourth-order valence-corrected chi connectivity index (χ4v) is 2.30. The van der Waals surface area contributed by atoms with E-state index in [0.717, 1.165) is 0 Å². The number of carbonyl (C=O) groups is 3. The zero-order valence-electron chi connectivity index (χ0n) is 12.9. The molecule has 0 atom stereocenters. The molecule has 126 valence electrons. The molecule has 0 spiro atoms. The van der Waals surface area contributed by atoms with Gasteiger partial charge >= 0.3 is 5.97 Å². The molecule has 2 rings (SSSR count). The van der Waals surface area contributed by atoms with Crippen molar-refractivity contribution < 1.29 is 19.1 Å². The topological polar surface area (TPSA) is 77.4 Å². The van der Waals surface area contributed by atoms with Crippen molar-refractivity contribution in [3.63, 3.8) is 0 Å². The number of halogens is 2. The molecule has 6 nitrogen and oxygen atoms in total. The molecule has 1 heterocycles. The molecule has 0 aliphatic heterocycles. The molecule has 1 amide bonds. The number of benzene rings is 1. The van der Waals surface area contributed by atoms with E-state index in [1.54, 1.807) is 25.2 Å². The maximum atomic E-state index is 12.0. The summed E-state index contributed by atoms with van der Waals surface area (Å²) < 4.78 is 6.41. The first-order chi connectivity index (χ1) is 11.3. The van der Waals surface area contributed by atoms with E-state index in [4.69, 9.17) is 27.9 Å². The molecule has 0 aliphatic rings. The summed E-state index contributed by atoms with van der Waals surface area (Å²) in [5.74, 6) is -1.44. The number of carbonyl (C=O) groups excluding carboxylic acids is 3. The van der Waals surface area contributed by atoms with Crippen LogP contribution < -0.4 is 5.32 Å². The molecule has 0 aliphatic carbocycles. The number of esters is 1. The molecule has 2 aromatic rings. The molecular weight excluding hydrogens is 355 g/mol. The highest BCUT2D eigenvalue weighted by Crippen LogP contribution is 2.29. The molecule has 0 radical (unpaired) electrons. The lowest BCUT2D eigenvalue weighted by Crippen LogP contribution is -2.22. The van der Waals surface area contributed by atoms with Gasteiger partial charge in [0.1, 0.15) is 5.69 Å². The van der Waals surface area contributed by atoms with E-state index in [2.05, 4.69) is 5.32 Å². The van der Waals surface area contributed by atoms with E-state index < -0.39 is 18.5 Å². The maximum Gasteiger partial charge on any atom is 0.355 e. The van der Waals surface area contributed by atoms with Crippen molar-refractivity contribution in [2.45, 2.75) is 6.92 Å². The molecule has 0 fully saturated rings. The SMILES string of the molecule is CC(=O)c1cc(C(=O)OCC(=O)Nc2cccc(Cl)c2Cl)n(C)c1. The first-order valence-electron chi connectivity index (χ1n) is 6.88. The number of rotatable bonds is 5. The van der Waals surface area contributed by atoms with Gasteiger partial charge in [0.2, 0.25) is 0 Å². The Labute approximate surface area is 148 Å². The minimum absolute atomic E-state index is 0.169. The van der Waals surface area contributed by atoms with Crippen LogP contribution >= 0.6 is 23.2 Å². The molecule has 0 saturated carbocycles. The van der Waals surface area contributed by atoms with Crippen LogP contribution in [0.5, 0.6) is 0 Å². The number of ether oxygens (including phenoxy) is 1. The lowest BCUT2D eigenvalue weighted by Gasteiger charge is -2.09. The molecule has 1 N–H and O–H groups in total. The van der Waals surface area contributed by atoms with Crippen LogP contribution in [0.3, 0.4) is 0 Å². The zero-order chi connectivity index (χ0) is 17.9. The molecule has 0 saturated heterocycles. The number of hydrogen-bond donors (Lipinski definition) is 1. The Morgan fingerprint density at radius 1 is 1.25 bits per heavy atom. The third-order valence-corrected chi connectivity index (χ3v) is 4.00. The highest BCUT2D eigenvalue weighted by Gasteiger charge is 2.17. The molecule has 1 aromatic heterocycles. The Morgan fingerprint density at radius 3 is 2.58 bits per heavy atom. The monoisotopic (exact) mass is 368 g/mol. The van der Waals surface area contributed by atoms with Gasteiger partial charge in [0.15, 0.2) is 12.4 Å². The van der Waals surface area contributed by atoms with Gasteiger partial charge in [-0.3, -0.25) is 9.59 Å². The second kappa shape index (κ2) is 7.51. The number of aromatic nitrogens is 1. The highest BCUT2D eigenvalue weighted by molar-refractivity contribution is 6.44. The lowest BCUT2D eigenvalue weighted by atomic mass is 10.2. The molecule has 24 heavy (non-hydrogen) atoms. The Balaban J connectivity index is 1.97. The minimum Gasteiger partial charge on any atom is -0.451 e. The molecular formula is C16H14Cl2N2O4. The first-order valence-corrected chi connectivity index (χ1v) is 7.63. The second-order valence-corrected chi connectivity index (χ2v) is 5.79. The van der Waals surface area contributed by atoms with E-state index in [1.165, 1.54) is 23.8 Å². The van der Waals surface area contributed by atoms with Gasteiger partial charge in [-0.05, 0) is 25.1 Å². The Morgan fingerprint density at radius 2 is 1.96 bits per heavy atom. The van der Waals surface area contributed by atoms with Crippen LogP contribution in [0.1, 0.15) is 27.8 Å². The van der Waals surface area contributed by atoms with Crippen LogP contribution in [0.4, 0.5) is 5.69 Å². The van der Waals surface area contributed by atoms with E-state index in [1.807, 2.05) is 0 Å². The van der Waals surface area contributed by atoms with Crippen LogP contribution in [-0.4, -0.2) is 28.8 Å². The van der Waals surface area contributed by atoms with E-state index in [9.17, 15) is 14.4 Å². The van der Waals surface area contributed by atoms with Crippen molar-refractivity contribution in [3.05, 3.63) is 51.8 Å². The number of amides is 1. The van der Waals surface area contributed by atoms with E-state index in [0.29, 0.717) is 16.3 Å². The van der Waals surface area contributed by atoms with Crippen LogP contribution in [0.2, 0.25) is 10.0 Å². The van der Waals surface area contributed by atoms with Crippen molar-refractivity contribution in [2.75, 3.05) is 11.9 Å². The Bertz CT molecular complexity index is 814. The van der Waals surface area contributed by atoms with Gasteiger partial charge in [-0.15, -0.1) is 0 Å². The number of aryl methyl sites for hydroxylation is 1. The van der Waals surface area contributed by atoms with Crippen molar-refractivity contribution >= 4 is 46.5 Å². The van der Waals surface area contributed by atoms with Crippen LogP contribution in [0.25, 0.3) is 0 Å². The predicted molar refractivity (Wildman–Crippen MR) is 90.8 cm³/mol. The van der Waals surface area contributed by atoms with Gasteiger partial charge in [-0.1, -0.05) is 29.3 Å². The predicted octanol–water partition coefficient (Wildman–Crippen LogP) is 3.33. The van der Waals surface area contributed by atoms with Gasteiger partial charge in [-0.2, -0.15) is 0 Å². The standard InChI is InChI=1S/C16H14Cl2N2O4/c1-9(21)10-6-13(20(2)7-10)16(23)24-8-14(22)19-12-5-3-4-11(17)15(12)18/h3-7H,8H2,1-2H3,(H,19,22). The first kappa shape index (κ1) is 18.0. The van der Waals surface area contributed by atoms with Crippen molar-refractivity contribution in [1.29, 1.82) is 0 Å². The van der Waals surface area contributed by atoms with Crippen molar-refractivity contribution in [2.24, 2.45) is 7.05 Å². The van der Waals surface area contributed by atoms with Crippen LogP contribution in [0, 0.1) is 0 Å². The van der Waals surface area contributed by atoms with Gasteiger partial charge in [0, 0.05) is 18.8 Å². The van der Waals surface area contributed by atoms with E-state index >= 15 is 0 Å². The number of Topliss-reactive ketones (excluding diaryl/α,β-unsaturated/α-hetero) is 1. The summed E-state index contributed by atoms with van der Waals surface area (Å²) in [5, 5.41) is 3.00. The van der Waals surface area contributed by atoms with Gasteiger partial charge in [0.25, 0.3) is 5.91 Å². The largest absolute Gasteiger partial charge is 0.451 e. The number of hydrogen-bond acceptors (Lipinski definition) is 4. The summed E-state index contributed by atoms with van der Waals surface area (Å²) in [4.78, 5) is 35.2. The third kappa shape index (κ3) is 4.15. The lowest BCUT2D eigenvalue weighted by molar-refractivity contribution is -0.119. The normalized spacial score (nSPS) is 10.3. The average Bonchev–Trinajstić information content (AvgIpc) is 2.92. The molecule has 1 aromatic carbocycles. The summed E-state index contributed by atoms with van der Waals surface area (Å²) in [6, 6.07) is 6.20. The smallest absolute Gasteiger partial charge is 0.355 e. The fraction of sp³-hybridized carbons (Fsp3) is 0.188. The summed E-state index contributed by atoms with van der Waals surface area (Å²) in [6.45, 7) is 0.898. The molecule has 0 bridgehead atoms. The summed E-state index contributed by atoms with van der Waals surface area (Å²) in [6.07, 6.45) is 1.52. The molecule has 0 unspecified atom stereocenters. The summed E-state index contributed by atoms with van der Waals surface area (Å²) in [7, 11) is 1.61. The van der Waals surface area contributed by atoms with Crippen molar-refractivity contribution in [1.82, 2.24) is 4.57 Å². The van der Waals surface area contributed by atoms with Gasteiger partial charge < -0.3 is 14.6 Å². The minimum atomic E-state index is -0.711. The number of anilines is 1. The van der Waals surface area contributed by atoms with Crippen molar-refractivity contribution in [3.8, 4) is 0 Å². The fourth-order valence-electron chi connectivity index (χ4n) is 1.95. The van der Waals surface area contributed by atoms with E-state index in [-0.39, 0.29) is 16.5 Å². The van der Waals surface area contributed by atoms with Crippen LogP contribution in [0.15, 0.2) is 30.5 Å². The number of ketones is 1. The summed E-state index contributed by atoms with van der Waals surface area (Å²) in [5.41, 5.74) is 0.886. The molecule has 8 heteroatoms. The van der Waals surface area contributed by atoms with Crippen LogP contribution in [-0.2, 0) is 16.6 Å². The number of nitrogens with one attached hydrogen (secondary N) is 1. The average molecular weight is 369 g/mol. The third-order valence-electron chi connectivity index (χ3n) is 3.18. The number of nitrogens with zero attached hydrogens (tertiary/aromatic N) is 1. The Kier molecular flexibility index (Phi) is 5.64. The zero-order valence-corrected chi connectivity index (χ0v) is 14.4. The summed E-state index contributed by atoms with van der Waals surface area (Å²) >= 11 is 11.8.